The molecule has 0 nitrogen and oxygen atoms in total. The van der Waals surface area contributed by atoms with Crippen molar-refractivity contribution in [3.63, 3.8) is 0 Å². The standard InChI is InChI=1S/B2H2P2/c1-4(2)3/h3H2. The minimum Gasteiger partial charge on any atom is -0.184 e. The smallest absolute Gasteiger partial charge is 0.100 e. The second kappa shape index (κ2) is 2.24. The molecule has 4 heteroatoms. The average molecular weight is 85.6 g/mol. The minimum atomic E-state index is -0.704. The Labute approximate surface area is 32.3 Å². The predicted molar refractivity (Wildman–Crippen MR) is 28.1 cm³/mol. The number of hydrogen-bond donors (Lipinski definition) is 0. The van der Waals surface area contributed by atoms with Gasteiger partial charge in [0, 0.05) is 0 Å². The largest absolute Gasteiger partial charge is 0.184 e. The quantitative estimate of drug-likeness (QED) is 0.296. The Balaban J connectivity index is 2.32. The monoisotopic (exact) mass is 86.0 g/mol. The summed E-state index contributed by atoms with van der Waals surface area (Å²) in [5.74, 6) is 0. The van der Waals surface area contributed by atoms with Crippen LogP contribution in [0.3, 0.4) is 0 Å². The Hall–Kier alpha value is 0.990. The first-order valence-electron chi connectivity index (χ1n) is 0.775. The van der Waals surface area contributed by atoms with Gasteiger partial charge in [-0.25, -0.2) is 0 Å². The third kappa shape index (κ3) is 12.1. The molecule has 4 heavy (non-hydrogen) atoms. The molecule has 18 valence electrons. The maximum absolute atomic E-state index is 4.92. The lowest BCUT2D eigenvalue weighted by atomic mass is 10.7. The van der Waals surface area contributed by atoms with Gasteiger partial charge in [0.2, 0.25) is 0 Å². The van der Waals surface area contributed by atoms with Gasteiger partial charge in [0.25, 0.3) is 0 Å². The van der Waals surface area contributed by atoms with E-state index >= 15 is 0 Å². The van der Waals surface area contributed by atoms with Crippen LogP contribution in [0.15, 0.2) is 0 Å². The molecule has 0 aromatic rings. The first-order chi connectivity index (χ1) is 1.73. The van der Waals surface area contributed by atoms with Crippen LogP contribution in [0, 0.1) is 0 Å². The summed E-state index contributed by atoms with van der Waals surface area (Å²) in [5.41, 5.74) is 0. The van der Waals surface area contributed by atoms with Gasteiger partial charge in [-0.1, -0.05) is 0 Å². The van der Waals surface area contributed by atoms with Crippen LogP contribution in [0.4, 0.5) is 0 Å². The van der Waals surface area contributed by atoms with E-state index in [0.717, 1.165) is 0 Å². The van der Waals surface area contributed by atoms with Gasteiger partial charge in [-0.3, -0.25) is 0 Å². The van der Waals surface area contributed by atoms with E-state index in [0.29, 0.717) is 0 Å². The van der Waals surface area contributed by atoms with E-state index in [9.17, 15) is 0 Å². The predicted octanol–water partition coefficient (Wildman–Crippen LogP) is 0.425. The molecule has 0 heterocycles. The third-order valence-corrected chi connectivity index (χ3v) is 0. The van der Waals surface area contributed by atoms with Crippen molar-refractivity contribution in [3.8, 4) is 0 Å². The maximum atomic E-state index is 4.92. The van der Waals surface area contributed by atoms with Gasteiger partial charge in [-0.05, 0) is 0 Å². The molecule has 0 saturated heterocycles. The molecule has 0 aliphatic rings. The van der Waals surface area contributed by atoms with Crippen LogP contribution in [0.25, 0.3) is 0 Å². The zero-order chi connectivity index (χ0) is 3.58. The first-order valence-corrected chi connectivity index (χ1v) is 3.87. The molecular weight excluding hydrogens is 83.6 g/mol. The molecule has 0 aromatic carbocycles. The highest BCUT2D eigenvalue weighted by Gasteiger charge is 1.66. The third-order valence-electron chi connectivity index (χ3n) is 0. The normalized spacial score (nSPS) is 8.50. The van der Waals surface area contributed by atoms with Gasteiger partial charge in [-0.2, -0.15) is 7.37 Å². The summed E-state index contributed by atoms with van der Waals surface area (Å²) >= 11 is 0. The number of hydrogen-bond acceptors (Lipinski definition) is 0. The molecule has 0 amide bonds. The fourth-order valence-electron chi connectivity index (χ4n) is 0. The molecule has 0 rings (SSSR count). The molecule has 0 spiro atoms. The summed E-state index contributed by atoms with van der Waals surface area (Å²) < 4.78 is 0. The summed E-state index contributed by atoms with van der Waals surface area (Å²) in [6.45, 7) is 0. The van der Waals surface area contributed by atoms with E-state index in [1.165, 1.54) is 0 Å². The van der Waals surface area contributed by atoms with Crippen molar-refractivity contribution < 1.29 is 0 Å². The molecule has 1 unspecified atom stereocenters. The number of rotatable bonds is 0. The Morgan fingerprint density at radius 1 is 1.50 bits per heavy atom. The molecule has 0 aliphatic carbocycles. The lowest BCUT2D eigenvalue weighted by Gasteiger charge is -1.82. The van der Waals surface area contributed by atoms with Crippen molar-refractivity contribution in [1.82, 2.24) is 0 Å². The van der Waals surface area contributed by atoms with Crippen molar-refractivity contribution in [1.29, 1.82) is 0 Å². The SMILES string of the molecule is [B]P([B])P. The Bertz CT molecular complexity index is 8.75. The topological polar surface area (TPSA) is 0 Å². The van der Waals surface area contributed by atoms with E-state index in [2.05, 4.69) is 8.93 Å². The molecular formula is H2B2P2. The zero-order valence-electron chi connectivity index (χ0n) is 2.18. The summed E-state index contributed by atoms with van der Waals surface area (Å²) in [4.78, 5) is 0. The second-order valence-electron chi connectivity index (χ2n) is 0.447. The lowest BCUT2D eigenvalue weighted by Crippen LogP contribution is -1.45. The van der Waals surface area contributed by atoms with Crippen molar-refractivity contribution in [2.24, 2.45) is 0 Å². The zero-order valence-corrected chi connectivity index (χ0v) is 4.23. The highest BCUT2D eigenvalue weighted by Crippen LogP contribution is 2.30. The summed E-state index contributed by atoms with van der Waals surface area (Å²) in [6, 6.07) is 0. The van der Waals surface area contributed by atoms with Crippen molar-refractivity contribution in [2.45, 2.75) is 0 Å². The van der Waals surface area contributed by atoms with E-state index in [-0.39, 0.29) is 0 Å². The van der Waals surface area contributed by atoms with Crippen LogP contribution in [-0.4, -0.2) is 15.1 Å². The van der Waals surface area contributed by atoms with E-state index < -0.39 is 7.37 Å². The Morgan fingerprint density at radius 2 is 1.50 bits per heavy atom. The van der Waals surface area contributed by atoms with Crippen LogP contribution in [0.2, 0.25) is 0 Å². The van der Waals surface area contributed by atoms with Gasteiger partial charge >= 0.3 is 0 Å². The second-order valence-corrected chi connectivity index (χ2v) is 3.13. The fraction of sp³-hybridized carbons (Fsp3) is 0. The van der Waals surface area contributed by atoms with Gasteiger partial charge in [0.15, 0.2) is 0 Å². The van der Waals surface area contributed by atoms with E-state index in [1.807, 2.05) is 0 Å². The molecule has 0 saturated carbocycles. The summed E-state index contributed by atoms with van der Waals surface area (Å²) in [7, 11) is 11.4. The summed E-state index contributed by atoms with van der Waals surface area (Å²) in [5, 5.41) is 0. The average Bonchev–Trinajstić information content (AvgIpc) is 0.811. The molecule has 0 aliphatic heterocycles. The van der Waals surface area contributed by atoms with E-state index in [1.54, 1.807) is 0 Å². The van der Waals surface area contributed by atoms with Gasteiger partial charge in [-0.15, -0.1) is 8.93 Å². The van der Waals surface area contributed by atoms with Crippen LogP contribution in [0.5, 0.6) is 0 Å². The van der Waals surface area contributed by atoms with Gasteiger partial charge < -0.3 is 0 Å². The molecule has 0 fully saturated rings. The highest BCUT2D eigenvalue weighted by molar-refractivity contribution is 8.37. The van der Waals surface area contributed by atoms with Gasteiger partial charge in [0.05, 0.1) is 0 Å². The van der Waals surface area contributed by atoms with Crippen molar-refractivity contribution in [2.75, 3.05) is 0 Å². The Morgan fingerprint density at radius 3 is 1.50 bits per heavy atom. The molecule has 0 bridgehead atoms. The fourth-order valence-corrected chi connectivity index (χ4v) is 0. The lowest BCUT2D eigenvalue weighted by molar-refractivity contribution is 4.66. The molecule has 1 atom stereocenters. The molecule has 0 N–H and O–H groups in total. The summed E-state index contributed by atoms with van der Waals surface area (Å²) in [6.07, 6.45) is 0. The van der Waals surface area contributed by atoms with Crippen molar-refractivity contribution in [3.05, 3.63) is 0 Å². The highest BCUT2D eigenvalue weighted by atomic mass is 32.0. The Kier molecular flexibility index (Phi) is 2.79. The maximum Gasteiger partial charge on any atom is 0.100 e. The van der Waals surface area contributed by atoms with Crippen LogP contribution >= 0.6 is 16.3 Å². The van der Waals surface area contributed by atoms with Crippen LogP contribution in [0.1, 0.15) is 0 Å². The van der Waals surface area contributed by atoms with Crippen LogP contribution < -0.4 is 0 Å². The van der Waals surface area contributed by atoms with Gasteiger partial charge in [0.1, 0.15) is 15.1 Å². The van der Waals surface area contributed by atoms with Crippen molar-refractivity contribution >= 4 is 31.4 Å². The first kappa shape index (κ1) is 4.99. The van der Waals surface area contributed by atoms with Crippen LogP contribution in [-0.2, 0) is 0 Å². The molecule has 0 aromatic heterocycles. The minimum absolute atomic E-state index is 0.704. The molecule has 4 radical (unpaired) electrons. The van der Waals surface area contributed by atoms with E-state index in [4.69, 9.17) is 15.1 Å².